The molecule has 5 heteroatoms. The average molecular weight is 279 g/mol. The molecule has 0 bridgehead atoms. The van der Waals surface area contributed by atoms with Crippen molar-refractivity contribution in [3.05, 3.63) is 40.7 Å². The van der Waals surface area contributed by atoms with Gasteiger partial charge in [0.2, 0.25) is 0 Å². The lowest BCUT2D eigenvalue weighted by atomic mass is 10.0. The van der Waals surface area contributed by atoms with E-state index in [0.717, 1.165) is 24.2 Å². The van der Waals surface area contributed by atoms with Gasteiger partial charge in [-0.3, -0.25) is 4.68 Å². The van der Waals surface area contributed by atoms with Crippen molar-refractivity contribution in [1.29, 1.82) is 0 Å². The highest BCUT2D eigenvalue weighted by Crippen LogP contribution is 2.28. The van der Waals surface area contributed by atoms with Crippen molar-refractivity contribution in [2.45, 2.75) is 26.8 Å². The molecule has 4 nitrogen and oxygen atoms in total. The Balaban J connectivity index is 2.55. The monoisotopic (exact) mass is 278 g/mol. The zero-order valence-corrected chi connectivity index (χ0v) is 11.6. The van der Waals surface area contributed by atoms with Gasteiger partial charge in [-0.25, -0.2) is 4.79 Å². The Morgan fingerprint density at radius 1 is 1.42 bits per heavy atom. The molecule has 0 aliphatic rings. The van der Waals surface area contributed by atoms with Crippen LogP contribution in [0.25, 0.3) is 11.1 Å². The van der Waals surface area contributed by atoms with Crippen molar-refractivity contribution in [1.82, 2.24) is 9.78 Å². The quantitative estimate of drug-likeness (QED) is 0.929. The van der Waals surface area contributed by atoms with Crippen LogP contribution < -0.4 is 0 Å². The van der Waals surface area contributed by atoms with Gasteiger partial charge in [0.15, 0.2) is 0 Å². The molecular formula is C14H15ClN2O2. The van der Waals surface area contributed by atoms with Gasteiger partial charge in [0, 0.05) is 23.3 Å². The molecule has 100 valence electrons. The normalized spacial score (nSPS) is 10.7. The molecule has 0 unspecified atom stereocenters. The van der Waals surface area contributed by atoms with Gasteiger partial charge in [0.1, 0.15) is 0 Å². The Labute approximate surface area is 116 Å². The van der Waals surface area contributed by atoms with E-state index in [1.807, 2.05) is 17.8 Å². The molecule has 0 atom stereocenters. The Morgan fingerprint density at radius 3 is 2.79 bits per heavy atom. The first-order valence-electron chi connectivity index (χ1n) is 6.10. The van der Waals surface area contributed by atoms with Crippen LogP contribution in [0, 0.1) is 6.92 Å². The number of rotatable bonds is 4. The number of halogens is 1. The number of hydrogen-bond acceptors (Lipinski definition) is 2. The molecule has 0 radical (unpaired) electrons. The molecule has 1 N–H and O–H groups in total. The summed E-state index contributed by atoms with van der Waals surface area (Å²) < 4.78 is 1.84. The summed E-state index contributed by atoms with van der Waals surface area (Å²) in [7, 11) is 0. The van der Waals surface area contributed by atoms with Crippen LogP contribution in [-0.2, 0) is 6.54 Å². The van der Waals surface area contributed by atoms with Crippen molar-refractivity contribution in [2.75, 3.05) is 0 Å². The molecule has 2 aromatic rings. The topological polar surface area (TPSA) is 55.1 Å². The van der Waals surface area contributed by atoms with E-state index >= 15 is 0 Å². The molecule has 0 aliphatic carbocycles. The number of benzene rings is 1. The summed E-state index contributed by atoms with van der Waals surface area (Å²) in [5.74, 6) is -0.986. The molecule has 1 aromatic heterocycles. The van der Waals surface area contributed by atoms with Gasteiger partial charge in [-0.2, -0.15) is 5.10 Å². The van der Waals surface area contributed by atoms with Gasteiger partial charge in [0.05, 0.1) is 11.3 Å². The SMILES string of the molecule is CCCn1cc(-c2ccc(Cl)cc2C(=O)O)c(C)n1. The molecule has 1 heterocycles. The number of aromatic nitrogens is 2. The van der Waals surface area contributed by atoms with Gasteiger partial charge < -0.3 is 5.11 Å². The minimum absolute atomic E-state index is 0.201. The lowest BCUT2D eigenvalue weighted by Gasteiger charge is -2.05. The van der Waals surface area contributed by atoms with E-state index in [-0.39, 0.29) is 5.56 Å². The van der Waals surface area contributed by atoms with Crippen LogP contribution in [0.1, 0.15) is 29.4 Å². The first kappa shape index (κ1) is 13.6. The second-order valence-electron chi connectivity index (χ2n) is 4.39. The zero-order chi connectivity index (χ0) is 14.0. The van der Waals surface area contributed by atoms with Crippen LogP contribution in [0.15, 0.2) is 24.4 Å². The molecule has 0 spiro atoms. The standard InChI is InChI=1S/C14H15ClN2O2/c1-3-6-17-8-13(9(2)16-17)11-5-4-10(15)7-12(11)14(18)19/h4-5,7-8H,3,6H2,1-2H3,(H,18,19). The predicted octanol–water partition coefficient (Wildman–Crippen LogP) is 3.62. The molecule has 1 aromatic carbocycles. The van der Waals surface area contributed by atoms with Gasteiger partial charge in [-0.1, -0.05) is 24.6 Å². The van der Waals surface area contributed by atoms with Crippen LogP contribution in [0.3, 0.4) is 0 Å². The van der Waals surface area contributed by atoms with Crippen LogP contribution in [-0.4, -0.2) is 20.9 Å². The molecule has 0 amide bonds. The third-order valence-corrected chi connectivity index (χ3v) is 3.14. The Bertz CT molecular complexity index is 620. The van der Waals surface area contributed by atoms with E-state index in [9.17, 15) is 9.90 Å². The Kier molecular flexibility index (Phi) is 3.90. The van der Waals surface area contributed by atoms with Crippen LogP contribution in [0.5, 0.6) is 0 Å². The van der Waals surface area contributed by atoms with E-state index < -0.39 is 5.97 Å². The summed E-state index contributed by atoms with van der Waals surface area (Å²) in [4.78, 5) is 11.3. The maximum absolute atomic E-state index is 11.3. The largest absolute Gasteiger partial charge is 0.478 e. The molecule has 0 saturated carbocycles. The van der Waals surface area contributed by atoms with E-state index in [1.54, 1.807) is 12.1 Å². The number of carboxylic acid groups (broad SMARTS) is 1. The van der Waals surface area contributed by atoms with Gasteiger partial charge in [-0.15, -0.1) is 0 Å². The van der Waals surface area contributed by atoms with Crippen molar-refractivity contribution in [3.63, 3.8) is 0 Å². The van der Waals surface area contributed by atoms with Gasteiger partial charge in [-0.05, 0) is 31.0 Å². The lowest BCUT2D eigenvalue weighted by molar-refractivity contribution is 0.0697. The number of carbonyl (C=O) groups is 1. The van der Waals surface area contributed by atoms with Crippen molar-refractivity contribution < 1.29 is 9.90 Å². The smallest absolute Gasteiger partial charge is 0.336 e. The number of aromatic carboxylic acids is 1. The number of hydrogen-bond donors (Lipinski definition) is 1. The second-order valence-corrected chi connectivity index (χ2v) is 4.82. The minimum Gasteiger partial charge on any atom is -0.478 e. The maximum atomic E-state index is 11.3. The van der Waals surface area contributed by atoms with Crippen LogP contribution in [0.4, 0.5) is 0 Å². The van der Waals surface area contributed by atoms with Crippen molar-refractivity contribution in [2.24, 2.45) is 0 Å². The molecule has 2 rings (SSSR count). The summed E-state index contributed by atoms with van der Waals surface area (Å²) in [6, 6.07) is 4.89. The summed E-state index contributed by atoms with van der Waals surface area (Å²) >= 11 is 5.86. The number of nitrogens with zero attached hydrogens (tertiary/aromatic N) is 2. The van der Waals surface area contributed by atoms with Gasteiger partial charge >= 0.3 is 5.97 Å². The van der Waals surface area contributed by atoms with Gasteiger partial charge in [0.25, 0.3) is 0 Å². The summed E-state index contributed by atoms with van der Waals surface area (Å²) in [5.41, 5.74) is 2.50. The highest BCUT2D eigenvalue weighted by Gasteiger charge is 2.16. The third-order valence-electron chi connectivity index (χ3n) is 2.90. The first-order valence-corrected chi connectivity index (χ1v) is 6.48. The highest BCUT2D eigenvalue weighted by molar-refractivity contribution is 6.31. The van der Waals surface area contributed by atoms with Crippen molar-refractivity contribution in [3.8, 4) is 11.1 Å². The van der Waals surface area contributed by atoms with Crippen molar-refractivity contribution >= 4 is 17.6 Å². The molecule has 19 heavy (non-hydrogen) atoms. The third kappa shape index (κ3) is 2.79. The molecule has 0 saturated heterocycles. The second kappa shape index (κ2) is 5.45. The Hall–Kier alpha value is -1.81. The molecule has 0 aliphatic heterocycles. The van der Waals surface area contributed by atoms with Crippen LogP contribution in [0.2, 0.25) is 5.02 Å². The summed E-state index contributed by atoms with van der Waals surface area (Å²) in [6.07, 6.45) is 2.86. The van der Waals surface area contributed by atoms with E-state index in [1.165, 1.54) is 6.07 Å². The summed E-state index contributed by atoms with van der Waals surface area (Å²) in [5, 5.41) is 14.1. The predicted molar refractivity (Wildman–Crippen MR) is 74.7 cm³/mol. The molecule has 0 fully saturated rings. The lowest BCUT2D eigenvalue weighted by Crippen LogP contribution is -1.99. The fourth-order valence-corrected chi connectivity index (χ4v) is 2.23. The maximum Gasteiger partial charge on any atom is 0.336 e. The minimum atomic E-state index is -0.986. The fraction of sp³-hybridized carbons (Fsp3) is 0.286. The van der Waals surface area contributed by atoms with E-state index in [2.05, 4.69) is 12.0 Å². The molecular weight excluding hydrogens is 264 g/mol. The average Bonchev–Trinajstić information content (AvgIpc) is 2.70. The zero-order valence-electron chi connectivity index (χ0n) is 10.9. The number of carboxylic acids is 1. The number of aryl methyl sites for hydroxylation is 2. The summed E-state index contributed by atoms with van der Waals surface area (Å²) in [6.45, 7) is 4.76. The fourth-order valence-electron chi connectivity index (χ4n) is 2.05. The van der Waals surface area contributed by atoms with E-state index in [4.69, 9.17) is 11.6 Å². The van der Waals surface area contributed by atoms with E-state index in [0.29, 0.717) is 10.6 Å². The highest BCUT2D eigenvalue weighted by atomic mass is 35.5. The Morgan fingerprint density at radius 2 is 2.16 bits per heavy atom. The first-order chi connectivity index (χ1) is 9.02. The van der Waals surface area contributed by atoms with Crippen LogP contribution >= 0.6 is 11.6 Å².